The van der Waals surface area contributed by atoms with Gasteiger partial charge in [0.25, 0.3) is 0 Å². The van der Waals surface area contributed by atoms with E-state index < -0.39 is 0 Å². The van der Waals surface area contributed by atoms with Gasteiger partial charge in [0.15, 0.2) is 23.1 Å². The topological polar surface area (TPSA) is 68.3 Å². The summed E-state index contributed by atoms with van der Waals surface area (Å²) >= 11 is 0. The molecule has 15 heavy (non-hydrogen) atoms. The number of Topliss-reactive ketones (excluding diaryl/α,β-unsaturated/α-hetero) is 4. The average molecular weight is 248 g/mol. The molecule has 84 valence electrons. The van der Waals surface area contributed by atoms with Crippen molar-refractivity contribution >= 4 is 23.1 Å². The van der Waals surface area contributed by atoms with Crippen LogP contribution >= 0.6 is 0 Å². The molecule has 0 aliphatic rings. The summed E-state index contributed by atoms with van der Waals surface area (Å²) < 4.78 is 0. The molecule has 0 N–H and O–H groups in total. The zero-order valence-electron chi connectivity index (χ0n) is 9.55. The molecule has 0 aromatic heterocycles. The fourth-order valence-corrected chi connectivity index (χ4v) is 0.498. The van der Waals surface area contributed by atoms with Gasteiger partial charge in [-0.25, -0.2) is 0 Å². The first-order chi connectivity index (χ1) is 6.36. The summed E-state index contributed by atoms with van der Waals surface area (Å²) in [4.78, 5) is 40.4. The van der Waals surface area contributed by atoms with E-state index in [0.29, 0.717) is 12.8 Å². The van der Waals surface area contributed by atoms with Gasteiger partial charge in [-0.1, -0.05) is 13.8 Å². The van der Waals surface area contributed by atoms with Gasteiger partial charge in [-0.05, 0) is 0 Å². The minimum Gasteiger partial charge on any atom is -0.291 e. The van der Waals surface area contributed by atoms with Crippen molar-refractivity contribution in [3.05, 3.63) is 0 Å². The normalized spacial score (nSPS) is 7.73. The van der Waals surface area contributed by atoms with Crippen molar-refractivity contribution in [2.75, 3.05) is 0 Å². The van der Waals surface area contributed by atoms with E-state index in [4.69, 9.17) is 0 Å². The van der Waals surface area contributed by atoms with Crippen LogP contribution in [-0.2, 0) is 40.9 Å². The van der Waals surface area contributed by atoms with E-state index in [1.165, 1.54) is 13.8 Å². The van der Waals surface area contributed by atoms with Gasteiger partial charge >= 0.3 is 0 Å². The van der Waals surface area contributed by atoms with Gasteiger partial charge in [-0.15, -0.1) is 0 Å². The third kappa shape index (κ3) is 13.4. The Hall–Kier alpha value is -0.606. The van der Waals surface area contributed by atoms with Crippen LogP contribution < -0.4 is 0 Å². The van der Waals surface area contributed by atoms with Crippen LogP contribution in [0.15, 0.2) is 0 Å². The fraction of sp³-hybridized carbons (Fsp3) is 0.600. The molecule has 0 rings (SSSR count). The van der Waals surface area contributed by atoms with Crippen LogP contribution in [0, 0.1) is 0 Å². The van der Waals surface area contributed by atoms with E-state index in [1.807, 2.05) is 0 Å². The van der Waals surface area contributed by atoms with Crippen LogP contribution in [0.1, 0.15) is 40.5 Å². The van der Waals surface area contributed by atoms with Gasteiger partial charge < -0.3 is 0 Å². The molecule has 0 aromatic rings. The molecular weight excluding hydrogens is 232 g/mol. The van der Waals surface area contributed by atoms with Crippen molar-refractivity contribution in [3.63, 3.8) is 0 Å². The molecule has 0 saturated carbocycles. The van der Waals surface area contributed by atoms with Crippen LogP contribution in [0.3, 0.4) is 0 Å². The Labute approximate surface area is 105 Å². The van der Waals surface area contributed by atoms with Gasteiger partial charge in [0.05, 0.1) is 0 Å². The predicted octanol–water partition coefficient (Wildman–Crippen LogP) is 1.11. The molecule has 0 unspecified atom stereocenters. The monoisotopic (exact) mass is 248 g/mol. The summed E-state index contributed by atoms with van der Waals surface area (Å²) in [5, 5.41) is 0. The summed E-state index contributed by atoms with van der Waals surface area (Å²) in [6.07, 6.45) is 0.657. The second-order valence-electron chi connectivity index (χ2n) is 2.67. The molecule has 0 atom stereocenters. The van der Waals surface area contributed by atoms with Crippen LogP contribution in [0.4, 0.5) is 0 Å². The molecule has 0 spiro atoms. The summed E-state index contributed by atoms with van der Waals surface area (Å²) in [6, 6.07) is 0. The van der Waals surface area contributed by atoms with E-state index in [0.717, 1.165) is 0 Å². The van der Waals surface area contributed by atoms with Crippen LogP contribution in [0.5, 0.6) is 0 Å². The minimum absolute atomic E-state index is 0. The van der Waals surface area contributed by atoms with E-state index in [-0.39, 0.29) is 44.9 Å². The Morgan fingerprint density at radius 3 is 0.933 bits per heavy atom. The Morgan fingerprint density at radius 2 is 0.933 bits per heavy atom. The van der Waals surface area contributed by atoms with E-state index in [1.54, 1.807) is 13.8 Å². The van der Waals surface area contributed by atoms with Crippen LogP contribution in [0.25, 0.3) is 0 Å². The Bertz CT molecular complexity index is 220. The van der Waals surface area contributed by atoms with Crippen LogP contribution in [0.2, 0.25) is 0 Å². The van der Waals surface area contributed by atoms with E-state index in [2.05, 4.69) is 0 Å². The Kier molecular flexibility index (Phi) is 15.2. The second kappa shape index (κ2) is 11.5. The quantitative estimate of drug-likeness (QED) is 0.552. The number of carbonyl (C=O) groups excluding carboxylic acids is 4. The van der Waals surface area contributed by atoms with Gasteiger partial charge in [-0.3, -0.25) is 19.2 Å². The molecular formula is C10H16O4Ti. The van der Waals surface area contributed by atoms with Gasteiger partial charge in [0.2, 0.25) is 0 Å². The summed E-state index contributed by atoms with van der Waals surface area (Å²) in [6.45, 7) is 5.91. The standard InChI is InChI=1S/2C5H8O2.Ti/c2*1-3-5(7)4(2)6;/h2*3H2,1-2H3;. The van der Waals surface area contributed by atoms with Crippen molar-refractivity contribution in [2.45, 2.75) is 40.5 Å². The number of rotatable bonds is 4. The second-order valence-corrected chi connectivity index (χ2v) is 2.67. The first-order valence-corrected chi connectivity index (χ1v) is 4.44. The zero-order valence-corrected chi connectivity index (χ0v) is 11.1. The van der Waals surface area contributed by atoms with Gasteiger partial charge in [0.1, 0.15) is 0 Å². The van der Waals surface area contributed by atoms with Crippen molar-refractivity contribution in [1.29, 1.82) is 0 Å². The maximum Gasteiger partial charge on any atom is 0.197 e. The minimum atomic E-state index is -0.345. The van der Waals surface area contributed by atoms with Gasteiger partial charge in [-0.2, -0.15) is 0 Å². The Balaban J connectivity index is -0.000000180. The molecule has 0 fully saturated rings. The van der Waals surface area contributed by atoms with Gasteiger partial charge in [0, 0.05) is 48.4 Å². The number of hydrogen-bond acceptors (Lipinski definition) is 4. The molecule has 4 nitrogen and oxygen atoms in total. The molecule has 0 saturated heterocycles. The molecule has 0 heterocycles. The number of carbonyl (C=O) groups is 4. The van der Waals surface area contributed by atoms with Crippen molar-refractivity contribution < 1.29 is 40.9 Å². The smallest absolute Gasteiger partial charge is 0.197 e. The SMILES string of the molecule is CCC(=O)C(C)=O.CCC(=O)C(C)=O.[Ti]. The maximum absolute atomic E-state index is 10.2. The molecule has 0 amide bonds. The summed E-state index contributed by atoms with van der Waals surface area (Å²) in [7, 11) is 0. The third-order valence-corrected chi connectivity index (χ3v) is 1.43. The maximum atomic E-state index is 10.2. The summed E-state index contributed by atoms with van der Waals surface area (Å²) in [5.74, 6) is -1.27. The molecule has 0 radical (unpaired) electrons. The zero-order chi connectivity index (χ0) is 11.7. The van der Waals surface area contributed by atoms with E-state index in [9.17, 15) is 19.2 Å². The number of ketones is 4. The molecule has 0 aromatic carbocycles. The molecule has 5 heteroatoms. The average Bonchev–Trinajstić information content (AvgIpc) is 2.15. The molecule has 0 aliphatic heterocycles. The predicted molar refractivity (Wildman–Crippen MR) is 52.0 cm³/mol. The molecule has 0 bridgehead atoms. The largest absolute Gasteiger partial charge is 0.291 e. The number of hydrogen-bond donors (Lipinski definition) is 0. The van der Waals surface area contributed by atoms with Crippen molar-refractivity contribution in [1.82, 2.24) is 0 Å². The first kappa shape index (κ1) is 19.9. The fourth-order valence-electron chi connectivity index (χ4n) is 0.498. The Morgan fingerprint density at radius 1 is 0.733 bits per heavy atom. The first-order valence-electron chi connectivity index (χ1n) is 4.44. The molecule has 0 aliphatic carbocycles. The van der Waals surface area contributed by atoms with E-state index >= 15 is 0 Å². The van der Waals surface area contributed by atoms with Crippen LogP contribution in [-0.4, -0.2) is 23.1 Å². The summed E-state index contributed by atoms with van der Waals surface area (Å²) in [5.41, 5.74) is 0. The third-order valence-electron chi connectivity index (χ3n) is 1.43. The van der Waals surface area contributed by atoms with Crippen molar-refractivity contribution in [2.24, 2.45) is 0 Å². The van der Waals surface area contributed by atoms with Crippen molar-refractivity contribution in [3.8, 4) is 0 Å².